The fourth-order valence-electron chi connectivity index (χ4n) is 9.51. The first-order valence-electron chi connectivity index (χ1n) is 16.0. The third kappa shape index (κ3) is 4.30. The summed E-state index contributed by atoms with van der Waals surface area (Å²) in [6.45, 7) is 18.2. The van der Waals surface area contributed by atoms with Crippen LogP contribution in [0.1, 0.15) is 107 Å². The van der Waals surface area contributed by atoms with Crippen LogP contribution in [0.4, 0.5) is 4.79 Å². The van der Waals surface area contributed by atoms with E-state index in [2.05, 4.69) is 31.4 Å². The van der Waals surface area contributed by atoms with Gasteiger partial charge in [0.1, 0.15) is 17.7 Å². The number of carbonyl (C=O) groups excluding carboxylic acids is 4. The predicted octanol–water partition coefficient (Wildman–Crippen LogP) is 4.44. The van der Waals surface area contributed by atoms with Gasteiger partial charge in [0.15, 0.2) is 0 Å². The number of ether oxygens (including phenoxy) is 1. The van der Waals surface area contributed by atoms with Crippen LogP contribution in [0.25, 0.3) is 0 Å². The monoisotopic (exact) mass is 584 g/mol. The number of amides is 3. The molecule has 1 heterocycles. The second-order valence-electron chi connectivity index (χ2n) is 16.2. The Morgan fingerprint density at radius 3 is 2.21 bits per heavy atom. The number of alkyl carbamates (subject to hydrolysis) is 1. The Morgan fingerprint density at radius 2 is 1.76 bits per heavy atom. The van der Waals surface area contributed by atoms with E-state index in [0.717, 1.165) is 44.1 Å². The van der Waals surface area contributed by atoms with E-state index < -0.39 is 35.2 Å². The lowest BCUT2D eigenvalue weighted by Gasteiger charge is -2.40. The van der Waals surface area contributed by atoms with Gasteiger partial charge in [0.2, 0.25) is 17.6 Å². The maximum atomic E-state index is 14.6. The molecule has 2 spiro atoms. The second kappa shape index (κ2) is 9.71. The van der Waals surface area contributed by atoms with E-state index in [1.54, 1.807) is 25.7 Å². The molecule has 0 aromatic carbocycles. The Bertz CT molecular complexity index is 1220. The van der Waals surface area contributed by atoms with Crippen LogP contribution < -0.4 is 16.4 Å². The molecule has 6 atom stereocenters. The SMILES string of the molecule is CC[C@@H]1[C@@H](C(=O)NC2CC3CCC3=C(N)C2=O)N(C(=O)C(NC(=O)OC(C)(C)C)C(C)(C)C)C[C@@]12C(C)(C)C21CCC1. The zero-order valence-corrected chi connectivity index (χ0v) is 27.1. The maximum absolute atomic E-state index is 14.6. The van der Waals surface area contributed by atoms with Crippen LogP contribution in [0.15, 0.2) is 11.3 Å². The van der Waals surface area contributed by atoms with Crippen molar-refractivity contribution in [2.45, 2.75) is 131 Å². The molecule has 0 radical (unpaired) electrons. The molecule has 42 heavy (non-hydrogen) atoms. The van der Waals surface area contributed by atoms with Gasteiger partial charge in [0.05, 0.1) is 11.7 Å². The fraction of sp³-hybridized carbons (Fsp3) is 0.818. The molecule has 5 aliphatic rings. The zero-order valence-electron chi connectivity index (χ0n) is 27.1. The van der Waals surface area contributed by atoms with E-state index in [1.165, 1.54) is 0 Å². The van der Waals surface area contributed by atoms with E-state index >= 15 is 0 Å². The zero-order chi connectivity index (χ0) is 31.2. The number of carbonyl (C=O) groups is 4. The molecule has 0 aromatic rings. The highest BCUT2D eigenvalue weighted by atomic mass is 16.6. The average molecular weight is 585 g/mol. The normalized spacial score (nSPS) is 33.5. The number of nitrogens with one attached hydrogen (secondary N) is 2. The Labute approximate surface area is 251 Å². The summed E-state index contributed by atoms with van der Waals surface area (Å²) in [7, 11) is 0. The molecular weight excluding hydrogens is 532 g/mol. The molecule has 4 N–H and O–H groups in total. The minimum Gasteiger partial charge on any atom is -0.444 e. The van der Waals surface area contributed by atoms with Crippen molar-refractivity contribution in [1.29, 1.82) is 0 Å². The Kier molecular flexibility index (Phi) is 7.14. The fourth-order valence-corrected chi connectivity index (χ4v) is 9.51. The Hall–Kier alpha value is -2.58. The van der Waals surface area contributed by atoms with E-state index in [0.29, 0.717) is 18.7 Å². The molecule has 4 fully saturated rings. The van der Waals surface area contributed by atoms with Crippen molar-refractivity contribution in [3.8, 4) is 0 Å². The summed E-state index contributed by atoms with van der Waals surface area (Å²) in [5.74, 6) is -0.606. The standard InChI is InChI=1S/C33H52N4O5/c1-10-20-23(26(39)35-21-16-18-12-13-19(18)22(34)24(21)38)37(17-33(20)31(8,9)32(33)14-11-15-32)27(40)25(29(2,3)4)36-28(41)42-30(5,6)7/h18,20-21,23,25H,10-17,34H2,1-9H3,(H,35,39)(H,36,41)/t18?,20-,21?,23+,25?,33+/m1/s1. The summed E-state index contributed by atoms with van der Waals surface area (Å²) in [5.41, 5.74) is 6.04. The van der Waals surface area contributed by atoms with Gasteiger partial charge in [-0.15, -0.1) is 0 Å². The van der Waals surface area contributed by atoms with Crippen molar-refractivity contribution < 1.29 is 23.9 Å². The molecule has 1 aliphatic heterocycles. The van der Waals surface area contributed by atoms with E-state index in [4.69, 9.17) is 10.5 Å². The second-order valence-corrected chi connectivity index (χ2v) is 16.2. The van der Waals surface area contributed by atoms with Gasteiger partial charge in [0, 0.05) is 12.0 Å². The maximum Gasteiger partial charge on any atom is 0.408 e. The first kappa shape index (κ1) is 30.9. The number of hydrogen-bond donors (Lipinski definition) is 3. The predicted molar refractivity (Wildman–Crippen MR) is 160 cm³/mol. The van der Waals surface area contributed by atoms with Gasteiger partial charge in [-0.2, -0.15) is 0 Å². The molecule has 3 amide bonds. The molecular formula is C33H52N4O5. The highest BCUT2D eigenvalue weighted by Gasteiger charge is 2.88. The topological polar surface area (TPSA) is 131 Å². The number of likely N-dealkylation sites (tertiary alicyclic amines) is 1. The molecule has 0 bridgehead atoms. The van der Waals surface area contributed by atoms with Gasteiger partial charge in [-0.25, -0.2) is 4.79 Å². The lowest BCUT2D eigenvalue weighted by molar-refractivity contribution is -0.143. The Morgan fingerprint density at radius 1 is 1.12 bits per heavy atom. The van der Waals surface area contributed by atoms with Crippen LogP contribution in [0.5, 0.6) is 0 Å². The third-order valence-corrected chi connectivity index (χ3v) is 11.9. The molecule has 1 saturated heterocycles. The summed E-state index contributed by atoms with van der Waals surface area (Å²) in [6, 6.07) is -2.32. The van der Waals surface area contributed by atoms with Crippen LogP contribution in [-0.4, -0.2) is 58.9 Å². The molecule has 9 heteroatoms. The first-order valence-corrected chi connectivity index (χ1v) is 16.0. The van der Waals surface area contributed by atoms with Gasteiger partial charge < -0.3 is 26.0 Å². The molecule has 4 aliphatic carbocycles. The highest BCUT2D eigenvalue weighted by Crippen LogP contribution is 2.89. The molecule has 9 nitrogen and oxygen atoms in total. The lowest BCUT2D eigenvalue weighted by atomic mass is 9.69. The van der Waals surface area contributed by atoms with Crippen LogP contribution in [-0.2, 0) is 19.1 Å². The number of ketones is 1. The van der Waals surface area contributed by atoms with Gasteiger partial charge >= 0.3 is 6.09 Å². The van der Waals surface area contributed by atoms with Crippen molar-refractivity contribution in [3.05, 3.63) is 11.3 Å². The van der Waals surface area contributed by atoms with Crippen molar-refractivity contribution in [3.63, 3.8) is 0 Å². The molecule has 3 saturated carbocycles. The van der Waals surface area contributed by atoms with Crippen LogP contribution in [0, 0.1) is 33.5 Å². The summed E-state index contributed by atoms with van der Waals surface area (Å²) >= 11 is 0. The van der Waals surface area contributed by atoms with Gasteiger partial charge in [-0.05, 0) is 86.5 Å². The first-order chi connectivity index (χ1) is 19.3. The van der Waals surface area contributed by atoms with Gasteiger partial charge in [0.25, 0.3) is 0 Å². The number of fused-ring (bicyclic) bond motifs is 2. The number of Topliss-reactive ketones (excluding diaryl/α,β-unsaturated/α-hetero) is 1. The quantitative estimate of drug-likeness (QED) is 0.438. The molecule has 0 aromatic heterocycles. The van der Waals surface area contributed by atoms with Crippen molar-refractivity contribution in [2.24, 2.45) is 39.2 Å². The summed E-state index contributed by atoms with van der Waals surface area (Å²) in [6.07, 6.45) is 5.81. The van der Waals surface area contributed by atoms with Crippen molar-refractivity contribution >= 4 is 23.7 Å². The largest absolute Gasteiger partial charge is 0.444 e. The van der Waals surface area contributed by atoms with E-state index in [-0.39, 0.29) is 45.7 Å². The summed E-state index contributed by atoms with van der Waals surface area (Å²) in [4.78, 5) is 56.8. The molecule has 5 rings (SSSR count). The van der Waals surface area contributed by atoms with Crippen LogP contribution in [0.3, 0.4) is 0 Å². The third-order valence-electron chi connectivity index (χ3n) is 11.9. The van der Waals surface area contributed by atoms with E-state index in [9.17, 15) is 19.2 Å². The van der Waals surface area contributed by atoms with Crippen LogP contribution in [0.2, 0.25) is 0 Å². The number of rotatable bonds is 5. The number of nitrogens with two attached hydrogens (primary N) is 1. The highest BCUT2D eigenvalue weighted by molar-refractivity contribution is 6.03. The Balaban J connectivity index is 1.49. The average Bonchev–Trinajstić information content (AvgIpc) is 3.07. The number of allylic oxidation sites excluding steroid dienone is 1. The number of nitrogens with zero attached hydrogens (tertiary/aromatic N) is 1. The minimum absolute atomic E-state index is 0.0308. The minimum atomic E-state index is -0.901. The summed E-state index contributed by atoms with van der Waals surface area (Å²) < 4.78 is 5.53. The smallest absolute Gasteiger partial charge is 0.408 e. The van der Waals surface area contributed by atoms with Gasteiger partial charge in [-0.1, -0.05) is 54.4 Å². The molecule has 234 valence electrons. The lowest BCUT2D eigenvalue weighted by Crippen LogP contribution is -2.60. The number of hydrogen-bond acceptors (Lipinski definition) is 6. The summed E-state index contributed by atoms with van der Waals surface area (Å²) in [5, 5.41) is 5.92. The molecule has 3 unspecified atom stereocenters. The van der Waals surface area contributed by atoms with Gasteiger partial charge in [-0.3, -0.25) is 14.4 Å². The van der Waals surface area contributed by atoms with Crippen molar-refractivity contribution in [1.82, 2.24) is 15.5 Å². The van der Waals surface area contributed by atoms with Crippen molar-refractivity contribution in [2.75, 3.05) is 6.54 Å². The van der Waals surface area contributed by atoms with Crippen LogP contribution >= 0.6 is 0 Å². The van der Waals surface area contributed by atoms with E-state index in [1.807, 2.05) is 20.8 Å².